The molecule has 2 rings (SSSR count). The van der Waals surface area contributed by atoms with Gasteiger partial charge in [-0.2, -0.15) is 0 Å². The molecule has 2 heterocycles. The fourth-order valence-electron chi connectivity index (χ4n) is 1.52. The Bertz CT molecular complexity index is 410. The number of hydrogen-bond acceptors (Lipinski definition) is 3. The first-order valence-corrected chi connectivity index (χ1v) is 5.18. The summed E-state index contributed by atoms with van der Waals surface area (Å²) in [6, 6.07) is -0.133. The van der Waals surface area contributed by atoms with Gasteiger partial charge in [-0.15, -0.1) is 11.3 Å². The van der Waals surface area contributed by atoms with Crippen molar-refractivity contribution in [2.75, 3.05) is 17.6 Å². The number of nitrogens with one attached hydrogen (secondary N) is 1. The third-order valence-corrected chi connectivity index (χ3v) is 3.13. The van der Waals surface area contributed by atoms with Gasteiger partial charge in [-0.3, -0.25) is 10.2 Å². The van der Waals surface area contributed by atoms with Crippen LogP contribution in [0.3, 0.4) is 0 Å². The first kappa shape index (κ1) is 9.08. The van der Waals surface area contributed by atoms with Gasteiger partial charge < -0.3 is 5.73 Å². The number of thiophene rings is 1. The second kappa shape index (κ2) is 3.02. The van der Waals surface area contributed by atoms with Crippen molar-refractivity contribution < 1.29 is 4.79 Å². The highest BCUT2D eigenvalue weighted by Crippen LogP contribution is 2.39. The molecule has 0 atom stereocenters. The van der Waals surface area contributed by atoms with Crippen LogP contribution in [0.25, 0.3) is 5.70 Å². The number of hydrogen-bond donors (Lipinski definition) is 2. The molecule has 1 aliphatic rings. The summed E-state index contributed by atoms with van der Waals surface area (Å²) in [5.41, 5.74) is 8.00. The topological polar surface area (TPSA) is 58.4 Å². The second-order valence-corrected chi connectivity index (χ2v) is 3.90. The summed E-state index contributed by atoms with van der Waals surface area (Å²) in [5.74, 6) is 0. The van der Waals surface area contributed by atoms with Crippen molar-refractivity contribution >= 4 is 33.8 Å². The number of anilines is 2. The van der Waals surface area contributed by atoms with Crippen LogP contribution in [-0.2, 0) is 0 Å². The summed E-state index contributed by atoms with van der Waals surface area (Å²) in [6.45, 7) is 6.38. The Hall–Kier alpha value is -1.49. The largest absolute Gasteiger partial charge is 0.397 e. The maximum atomic E-state index is 11.5. The molecule has 1 aromatic rings. The van der Waals surface area contributed by atoms with E-state index in [1.54, 1.807) is 4.90 Å². The molecule has 0 aliphatic carbocycles. The van der Waals surface area contributed by atoms with Gasteiger partial charge in [-0.25, -0.2) is 4.79 Å². The van der Waals surface area contributed by atoms with Gasteiger partial charge in [-0.05, 0) is 6.92 Å². The molecule has 0 fully saturated rings. The van der Waals surface area contributed by atoms with Crippen molar-refractivity contribution in [3.05, 3.63) is 17.5 Å². The lowest BCUT2D eigenvalue weighted by molar-refractivity contribution is 0.232. The van der Waals surface area contributed by atoms with Gasteiger partial charge in [0, 0.05) is 11.9 Å². The van der Waals surface area contributed by atoms with Crippen LogP contribution >= 0.6 is 11.3 Å². The Morgan fingerprint density at radius 3 is 3.07 bits per heavy atom. The summed E-state index contributed by atoms with van der Waals surface area (Å²) < 4.78 is 0. The van der Waals surface area contributed by atoms with E-state index in [4.69, 9.17) is 5.73 Å². The van der Waals surface area contributed by atoms with Gasteiger partial charge in [-0.1, -0.05) is 6.58 Å². The fourth-order valence-corrected chi connectivity index (χ4v) is 2.38. The van der Waals surface area contributed by atoms with Gasteiger partial charge in [0.2, 0.25) is 0 Å². The van der Waals surface area contributed by atoms with E-state index in [9.17, 15) is 4.79 Å². The average molecular weight is 209 g/mol. The molecule has 1 aliphatic heterocycles. The fraction of sp³-hybridized carbons (Fsp3) is 0.222. The minimum Gasteiger partial charge on any atom is -0.397 e. The first-order valence-electron chi connectivity index (χ1n) is 4.30. The highest BCUT2D eigenvalue weighted by molar-refractivity contribution is 7.15. The lowest BCUT2D eigenvalue weighted by Gasteiger charge is -2.28. The van der Waals surface area contributed by atoms with Gasteiger partial charge >= 0.3 is 6.03 Å². The van der Waals surface area contributed by atoms with Crippen molar-refractivity contribution in [2.45, 2.75) is 6.92 Å². The first-order chi connectivity index (χ1) is 6.65. The molecule has 0 saturated heterocycles. The summed E-state index contributed by atoms with van der Waals surface area (Å²) in [6.07, 6.45) is 0. The average Bonchev–Trinajstić information content (AvgIpc) is 2.48. The van der Waals surface area contributed by atoms with Gasteiger partial charge in [0.25, 0.3) is 0 Å². The molecular formula is C9H11N3OS. The van der Waals surface area contributed by atoms with Crippen LogP contribution in [0.15, 0.2) is 12.0 Å². The highest BCUT2D eigenvalue weighted by Gasteiger charge is 2.27. The summed E-state index contributed by atoms with van der Waals surface area (Å²) >= 11 is 1.43. The second-order valence-electron chi connectivity index (χ2n) is 3.02. The van der Waals surface area contributed by atoms with Crippen LogP contribution in [0.1, 0.15) is 12.5 Å². The number of carbonyl (C=O) groups excluding carboxylic acids is 1. The van der Waals surface area contributed by atoms with E-state index >= 15 is 0 Å². The number of fused-ring (bicyclic) bond motifs is 1. The van der Waals surface area contributed by atoms with Gasteiger partial charge in [0.15, 0.2) is 0 Å². The minimum atomic E-state index is -0.133. The molecule has 4 nitrogen and oxygen atoms in total. The lowest BCUT2D eigenvalue weighted by Crippen LogP contribution is -2.36. The van der Waals surface area contributed by atoms with Crippen molar-refractivity contribution in [3.63, 3.8) is 0 Å². The number of rotatable bonds is 1. The van der Waals surface area contributed by atoms with Gasteiger partial charge in [0.1, 0.15) is 5.00 Å². The number of urea groups is 1. The Labute approximate surface area is 86.0 Å². The number of nitrogen functional groups attached to an aromatic ring is 1. The smallest absolute Gasteiger partial charge is 0.326 e. The van der Waals surface area contributed by atoms with E-state index in [0.717, 1.165) is 10.6 Å². The van der Waals surface area contributed by atoms with E-state index in [-0.39, 0.29) is 6.03 Å². The van der Waals surface area contributed by atoms with Crippen molar-refractivity contribution in [3.8, 4) is 0 Å². The summed E-state index contributed by atoms with van der Waals surface area (Å²) in [4.78, 5) is 13.1. The van der Waals surface area contributed by atoms with E-state index in [2.05, 4.69) is 11.9 Å². The number of nitrogens with zero attached hydrogens (tertiary/aromatic N) is 1. The molecular weight excluding hydrogens is 198 g/mol. The molecule has 2 amide bonds. The van der Waals surface area contributed by atoms with Crippen LogP contribution < -0.4 is 11.1 Å². The number of nitrogens with two attached hydrogens (primary N) is 1. The molecule has 3 N–H and O–H groups in total. The predicted molar refractivity (Wildman–Crippen MR) is 59.2 cm³/mol. The molecule has 0 bridgehead atoms. The molecule has 0 saturated carbocycles. The third kappa shape index (κ3) is 1.09. The van der Waals surface area contributed by atoms with Crippen LogP contribution in [0.4, 0.5) is 15.5 Å². The third-order valence-electron chi connectivity index (χ3n) is 2.22. The lowest BCUT2D eigenvalue weighted by atomic mass is 10.1. The quantitative estimate of drug-likeness (QED) is 0.744. The monoisotopic (exact) mass is 209 g/mol. The molecule has 1 aromatic heterocycles. The molecule has 0 radical (unpaired) electrons. The highest BCUT2D eigenvalue weighted by atomic mass is 32.1. The van der Waals surface area contributed by atoms with E-state index in [0.29, 0.717) is 17.9 Å². The molecule has 0 unspecified atom stereocenters. The zero-order valence-corrected chi connectivity index (χ0v) is 8.65. The summed E-state index contributed by atoms with van der Waals surface area (Å²) in [7, 11) is 0. The van der Waals surface area contributed by atoms with Crippen molar-refractivity contribution in [1.82, 2.24) is 4.90 Å². The van der Waals surface area contributed by atoms with Crippen LogP contribution in [0.2, 0.25) is 0 Å². The Kier molecular flexibility index (Phi) is 1.96. The number of carbonyl (C=O) groups is 1. The maximum absolute atomic E-state index is 11.5. The normalized spacial score (nSPS) is 15.4. The Balaban J connectivity index is 2.51. The minimum absolute atomic E-state index is 0.133. The van der Waals surface area contributed by atoms with Crippen LogP contribution in [-0.4, -0.2) is 17.5 Å². The molecule has 0 spiro atoms. The van der Waals surface area contributed by atoms with Crippen LogP contribution in [0.5, 0.6) is 0 Å². The Morgan fingerprint density at radius 2 is 2.43 bits per heavy atom. The molecule has 0 aromatic carbocycles. The zero-order valence-electron chi connectivity index (χ0n) is 7.83. The maximum Gasteiger partial charge on any atom is 0.326 e. The molecule has 74 valence electrons. The van der Waals surface area contributed by atoms with Crippen molar-refractivity contribution in [2.24, 2.45) is 0 Å². The van der Waals surface area contributed by atoms with E-state index < -0.39 is 0 Å². The van der Waals surface area contributed by atoms with Crippen molar-refractivity contribution in [1.29, 1.82) is 0 Å². The van der Waals surface area contributed by atoms with E-state index in [1.807, 2.05) is 12.3 Å². The number of amides is 2. The predicted octanol–water partition coefficient (Wildman–Crippen LogP) is 2.17. The SMILES string of the molecule is C=C1c2c(N)csc2NC(=O)N1CC. The zero-order chi connectivity index (χ0) is 10.3. The molecule has 14 heavy (non-hydrogen) atoms. The standard InChI is InChI=1S/C9H11N3OS/c1-3-12-5(2)7-6(10)4-14-8(7)11-9(12)13/h4H,2-3,10H2,1H3,(H,11,13). The van der Waals surface area contributed by atoms with E-state index in [1.165, 1.54) is 11.3 Å². The Morgan fingerprint density at radius 1 is 1.71 bits per heavy atom. The summed E-state index contributed by atoms with van der Waals surface area (Å²) in [5, 5.41) is 5.39. The van der Waals surface area contributed by atoms with Gasteiger partial charge in [0.05, 0.1) is 16.9 Å². The molecule has 5 heteroatoms. The van der Waals surface area contributed by atoms with Crippen LogP contribution in [0, 0.1) is 0 Å².